The standard InChI is InChI=1S/C11H16BrN5/c1-2-3-6-16(7-4-12)10-11-15-14-9-17(11)8-5-13-10/h5,8-9H,2-4,6-7H2,1H3. The Bertz CT molecular complexity index is 470. The summed E-state index contributed by atoms with van der Waals surface area (Å²) in [5, 5.41) is 8.97. The van der Waals surface area contributed by atoms with Crippen LogP contribution < -0.4 is 4.90 Å². The lowest BCUT2D eigenvalue weighted by Gasteiger charge is -2.22. The number of halogens is 1. The van der Waals surface area contributed by atoms with Crippen molar-refractivity contribution in [3.8, 4) is 0 Å². The summed E-state index contributed by atoms with van der Waals surface area (Å²) in [5.41, 5.74) is 0.824. The molecule has 0 aliphatic carbocycles. The molecule has 0 unspecified atom stereocenters. The maximum absolute atomic E-state index is 4.43. The van der Waals surface area contributed by atoms with Gasteiger partial charge in [0.15, 0.2) is 5.82 Å². The van der Waals surface area contributed by atoms with E-state index in [1.165, 1.54) is 6.42 Å². The van der Waals surface area contributed by atoms with Gasteiger partial charge < -0.3 is 4.90 Å². The molecular formula is C11H16BrN5. The summed E-state index contributed by atoms with van der Waals surface area (Å²) < 4.78 is 1.90. The summed E-state index contributed by atoms with van der Waals surface area (Å²) in [4.78, 5) is 6.68. The molecule has 2 rings (SSSR count). The van der Waals surface area contributed by atoms with Crippen LogP contribution >= 0.6 is 15.9 Å². The highest BCUT2D eigenvalue weighted by molar-refractivity contribution is 9.09. The van der Waals surface area contributed by atoms with Crippen LogP contribution in [-0.2, 0) is 0 Å². The number of nitrogens with zero attached hydrogens (tertiary/aromatic N) is 5. The minimum atomic E-state index is 0.824. The average molecular weight is 298 g/mol. The molecule has 0 amide bonds. The van der Waals surface area contributed by atoms with Crippen molar-refractivity contribution in [2.75, 3.05) is 23.3 Å². The Morgan fingerprint density at radius 1 is 1.41 bits per heavy atom. The topological polar surface area (TPSA) is 46.3 Å². The molecule has 0 N–H and O–H groups in total. The van der Waals surface area contributed by atoms with E-state index in [2.05, 4.69) is 42.9 Å². The largest absolute Gasteiger partial charge is 0.353 e. The van der Waals surface area contributed by atoms with Gasteiger partial charge in [-0.25, -0.2) is 4.98 Å². The van der Waals surface area contributed by atoms with Crippen LogP contribution in [0.1, 0.15) is 19.8 Å². The number of aromatic nitrogens is 4. The highest BCUT2D eigenvalue weighted by Crippen LogP contribution is 2.16. The second-order valence-electron chi connectivity index (χ2n) is 3.84. The first kappa shape index (κ1) is 12.3. The van der Waals surface area contributed by atoms with E-state index in [9.17, 15) is 0 Å². The molecule has 0 aromatic carbocycles. The third-order valence-corrected chi connectivity index (χ3v) is 2.99. The second-order valence-corrected chi connectivity index (χ2v) is 4.64. The molecule has 0 bridgehead atoms. The third-order valence-electron chi connectivity index (χ3n) is 2.63. The van der Waals surface area contributed by atoms with E-state index >= 15 is 0 Å². The van der Waals surface area contributed by atoms with Crippen molar-refractivity contribution in [1.82, 2.24) is 19.6 Å². The molecule has 0 aliphatic rings. The Hall–Kier alpha value is -1.17. The summed E-state index contributed by atoms with van der Waals surface area (Å²) in [6.07, 6.45) is 7.69. The number of fused-ring (bicyclic) bond motifs is 1. The van der Waals surface area contributed by atoms with Gasteiger partial charge in [-0.1, -0.05) is 29.3 Å². The molecule has 2 aromatic heterocycles. The minimum Gasteiger partial charge on any atom is -0.353 e. The van der Waals surface area contributed by atoms with Gasteiger partial charge in [0, 0.05) is 30.8 Å². The van der Waals surface area contributed by atoms with E-state index in [0.717, 1.165) is 36.3 Å². The van der Waals surface area contributed by atoms with Crippen LogP contribution in [-0.4, -0.2) is 38.0 Å². The summed E-state index contributed by atoms with van der Waals surface area (Å²) in [7, 11) is 0. The van der Waals surface area contributed by atoms with Crippen molar-refractivity contribution < 1.29 is 0 Å². The van der Waals surface area contributed by atoms with Gasteiger partial charge in [0.1, 0.15) is 6.33 Å². The highest BCUT2D eigenvalue weighted by Gasteiger charge is 2.12. The first-order valence-electron chi connectivity index (χ1n) is 5.82. The van der Waals surface area contributed by atoms with E-state index < -0.39 is 0 Å². The number of alkyl halides is 1. The van der Waals surface area contributed by atoms with Gasteiger partial charge in [-0.15, -0.1) is 10.2 Å². The molecular weight excluding hydrogens is 282 g/mol. The lowest BCUT2D eigenvalue weighted by atomic mass is 10.3. The van der Waals surface area contributed by atoms with Crippen molar-refractivity contribution in [2.45, 2.75) is 19.8 Å². The smallest absolute Gasteiger partial charge is 0.203 e. The minimum absolute atomic E-state index is 0.824. The highest BCUT2D eigenvalue weighted by atomic mass is 79.9. The van der Waals surface area contributed by atoms with Crippen LogP contribution in [0.4, 0.5) is 5.82 Å². The van der Waals surface area contributed by atoms with Crippen LogP contribution in [0.15, 0.2) is 18.7 Å². The fraction of sp³-hybridized carbons (Fsp3) is 0.545. The SMILES string of the molecule is CCCCN(CCBr)c1nccn2cnnc12. The van der Waals surface area contributed by atoms with Crippen molar-refractivity contribution in [3.63, 3.8) is 0 Å². The predicted molar refractivity (Wildman–Crippen MR) is 71.7 cm³/mol. The van der Waals surface area contributed by atoms with E-state index in [1.54, 1.807) is 12.5 Å². The third kappa shape index (κ3) is 2.74. The molecule has 2 heterocycles. The van der Waals surface area contributed by atoms with Gasteiger partial charge in [0.2, 0.25) is 5.65 Å². The lowest BCUT2D eigenvalue weighted by Crippen LogP contribution is -2.28. The zero-order chi connectivity index (χ0) is 12.1. The zero-order valence-electron chi connectivity index (χ0n) is 9.88. The lowest BCUT2D eigenvalue weighted by molar-refractivity contribution is 0.727. The summed E-state index contributed by atoms with van der Waals surface area (Å²) in [6.45, 7) is 4.12. The quantitative estimate of drug-likeness (QED) is 0.766. The fourth-order valence-corrected chi connectivity index (χ4v) is 2.17. The van der Waals surface area contributed by atoms with Crippen molar-refractivity contribution in [1.29, 1.82) is 0 Å². The number of anilines is 1. The summed E-state index contributed by atoms with van der Waals surface area (Å²) >= 11 is 3.48. The fourth-order valence-electron chi connectivity index (χ4n) is 1.74. The molecule has 0 spiro atoms. The first-order valence-corrected chi connectivity index (χ1v) is 6.94. The zero-order valence-corrected chi connectivity index (χ0v) is 11.5. The Morgan fingerprint density at radius 3 is 3.06 bits per heavy atom. The Kier molecular flexibility index (Phi) is 4.30. The van der Waals surface area contributed by atoms with Crippen LogP contribution in [0.2, 0.25) is 0 Å². The molecule has 0 saturated carbocycles. The number of unbranched alkanes of at least 4 members (excludes halogenated alkanes) is 1. The molecule has 92 valence electrons. The van der Waals surface area contributed by atoms with Crippen LogP contribution in [0.3, 0.4) is 0 Å². The van der Waals surface area contributed by atoms with E-state index in [4.69, 9.17) is 0 Å². The van der Waals surface area contributed by atoms with Crippen LogP contribution in [0.5, 0.6) is 0 Å². The Morgan fingerprint density at radius 2 is 2.29 bits per heavy atom. The average Bonchev–Trinajstić information content (AvgIpc) is 2.82. The van der Waals surface area contributed by atoms with Gasteiger partial charge in [-0.05, 0) is 6.42 Å². The normalized spacial score (nSPS) is 10.9. The second kappa shape index (κ2) is 5.95. The van der Waals surface area contributed by atoms with Crippen LogP contribution in [0.25, 0.3) is 5.65 Å². The van der Waals surface area contributed by atoms with Crippen LogP contribution in [0, 0.1) is 0 Å². The summed E-state index contributed by atoms with van der Waals surface area (Å²) in [5.74, 6) is 0.915. The van der Waals surface area contributed by atoms with Gasteiger partial charge in [-0.2, -0.15) is 0 Å². The van der Waals surface area contributed by atoms with E-state index in [1.807, 2.05) is 10.6 Å². The number of hydrogen-bond donors (Lipinski definition) is 0. The van der Waals surface area contributed by atoms with Gasteiger partial charge in [-0.3, -0.25) is 4.40 Å². The Balaban J connectivity index is 2.30. The van der Waals surface area contributed by atoms with Gasteiger partial charge >= 0.3 is 0 Å². The molecule has 0 fully saturated rings. The number of hydrogen-bond acceptors (Lipinski definition) is 4. The van der Waals surface area contributed by atoms with E-state index in [0.29, 0.717) is 0 Å². The molecule has 5 nitrogen and oxygen atoms in total. The van der Waals surface area contributed by atoms with Crippen molar-refractivity contribution in [2.24, 2.45) is 0 Å². The van der Waals surface area contributed by atoms with Crippen molar-refractivity contribution >= 4 is 27.4 Å². The molecule has 0 radical (unpaired) electrons. The van der Waals surface area contributed by atoms with E-state index in [-0.39, 0.29) is 0 Å². The molecule has 0 atom stereocenters. The van der Waals surface area contributed by atoms with Crippen molar-refractivity contribution in [3.05, 3.63) is 18.7 Å². The Labute approximate surface area is 109 Å². The molecule has 0 saturated heterocycles. The van der Waals surface area contributed by atoms with Gasteiger partial charge in [0.25, 0.3) is 0 Å². The molecule has 6 heteroatoms. The maximum atomic E-state index is 4.43. The first-order chi connectivity index (χ1) is 8.36. The molecule has 17 heavy (non-hydrogen) atoms. The van der Waals surface area contributed by atoms with Gasteiger partial charge in [0.05, 0.1) is 0 Å². The maximum Gasteiger partial charge on any atom is 0.203 e. The molecule has 2 aromatic rings. The molecule has 0 aliphatic heterocycles. The number of rotatable bonds is 6. The predicted octanol–water partition coefficient (Wildman–Crippen LogP) is 2.13. The monoisotopic (exact) mass is 297 g/mol. The summed E-state index contributed by atoms with van der Waals surface area (Å²) in [6, 6.07) is 0.